The molecule has 0 heterocycles. The van der Waals surface area contributed by atoms with Crippen molar-refractivity contribution in [2.24, 2.45) is 0 Å². The Labute approximate surface area is 103 Å². The molecule has 3 nitrogen and oxygen atoms in total. The molecular weight excluding hydrogens is 216 g/mol. The van der Waals surface area contributed by atoms with Crippen LogP contribution in [0.15, 0.2) is 24.3 Å². The molecule has 0 N–H and O–H groups in total. The summed E-state index contributed by atoms with van der Waals surface area (Å²) in [6, 6.07) is 7.58. The number of carbonyl (C=O) groups excluding carboxylic acids is 1. The van der Waals surface area contributed by atoms with E-state index >= 15 is 0 Å². The minimum Gasteiger partial charge on any atom is -0.494 e. The second-order valence-electron chi connectivity index (χ2n) is 3.95. The third-order valence-electron chi connectivity index (χ3n) is 2.52. The van der Waals surface area contributed by atoms with Crippen LogP contribution in [0.1, 0.15) is 31.7 Å². The smallest absolute Gasteiger partial charge is 0.309 e. The Morgan fingerprint density at radius 2 is 1.88 bits per heavy atom. The van der Waals surface area contributed by atoms with Gasteiger partial charge in [-0.3, -0.25) is 4.79 Å². The summed E-state index contributed by atoms with van der Waals surface area (Å²) >= 11 is 0. The minimum absolute atomic E-state index is 0.221. The molecule has 0 aliphatic heterocycles. The zero-order valence-electron chi connectivity index (χ0n) is 10.6. The molecule has 1 rings (SSSR count). The maximum absolute atomic E-state index is 11.1. The lowest BCUT2D eigenvalue weighted by molar-refractivity contribution is -0.139. The lowest BCUT2D eigenvalue weighted by Gasteiger charge is -2.06. The first kappa shape index (κ1) is 13.6. The van der Waals surface area contributed by atoms with Crippen molar-refractivity contribution in [1.82, 2.24) is 0 Å². The van der Waals surface area contributed by atoms with Gasteiger partial charge in [0.2, 0.25) is 0 Å². The molecule has 0 saturated carbocycles. The van der Waals surface area contributed by atoms with Crippen LogP contribution in [0.4, 0.5) is 0 Å². The molecule has 0 spiro atoms. The Kier molecular flexibility index (Phi) is 6.15. The van der Waals surface area contributed by atoms with E-state index in [1.165, 1.54) is 20.0 Å². The normalized spacial score (nSPS) is 10.0. The fraction of sp³-hybridized carbons (Fsp3) is 0.500. The van der Waals surface area contributed by atoms with Crippen LogP contribution in [0.2, 0.25) is 0 Å². The maximum Gasteiger partial charge on any atom is 0.309 e. The predicted octanol–water partition coefficient (Wildman–Crippen LogP) is 2.97. The Balaban J connectivity index is 2.36. The molecule has 17 heavy (non-hydrogen) atoms. The van der Waals surface area contributed by atoms with Crippen LogP contribution in [0.25, 0.3) is 0 Å². The summed E-state index contributed by atoms with van der Waals surface area (Å²) in [4.78, 5) is 11.1. The summed E-state index contributed by atoms with van der Waals surface area (Å²) in [6.45, 7) is 2.92. The fourth-order valence-electron chi connectivity index (χ4n) is 1.48. The van der Waals surface area contributed by atoms with Crippen molar-refractivity contribution >= 4 is 5.97 Å². The molecule has 0 saturated heterocycles. The van der Waals surface area contributed by atoms with Crippen LogP contribution in [0, 0.1) is 0 Å². The van der Waals surface area contributed by atoms with Crippen LogP contribution < -0.4 is 4.74 Å². The zero-order valence-corrected chi connectivity index (χ0v) is 10.6. The fourth-order valence-corrected chi connectivity index (χ4v) is 1.48. The number of unbranched alkanes of at least 4 members (excludes halogenated alkanes) is 2. The first-order valence-corrected chi connectivity index (χ1v) is 6.04. The number of ether oxygens (including phenoxy) is 2. The lowest BCUT2D eigenvalue weighted by atomic mass is 10.1. The number of methoxy groups -OCH3 is 1. The zero-order chi connectivity index (χ0) is 12.5. The number of hydrogen-bond acceptors (Lipinski definition) is 3. The van der Waals surface area contributed by atoms with Gasteiger partial charge in [-0.2, -0.15) is 0 Å². The molecule has 3 heteroatoms. The predicted molar refractivity (Wildman–Crippen MR) is 67.2 cm³/mol. The van der Waals surface area contributed by atoms with Gasteiger partial charge in [-0.1, -0.05) is 31.9 Å². The largest absolute Gasteiger partial charge is 0.494 e. The summed E-state index contributed by atoms with van der Waals surface area (Å²) in [5.74, 6) is 0.635. The topological polar surface area (TPSA) is 35.5 Å². The van der Waals surface area contributed by atoms with E-state index < -0.39 is 0 Å². The van der Waals surface area contributed by atoms with E-state index in [2.05, 4.69) is 11.7 Å². The third kappa shape index (κ3) is 5.38. The molecule has 0 fully saturated rings. The van der Waals surface area contributed by atoms with Crippen molar-refractivity contribution in [3.05, 3.63) is 29.8 Å². The summed E-state index contributed by atoms with van der Waals surface area (Å²) in [5.41, 5.74) is 0.942. The summed E-state index contributed by atoms with van der Waals surface area (Å²) in [5, 5.41) is 0. The number of carbonyl (C=O) groups is 1. The molecule has 0 unspecified atom stereocenters. The molecule has 0 amide bonds. The highest BCUT2D eigenvalue weighted by Gasteiger charge is 2.02. The van der Waals surface area contributed by atoms with Gasteiger partial charge in [0.05, 0.1) is 20.1 Å². The second-order valence-corrected chi connectivity index (χ2v) is 3.95. The molecule has 0 aromatic heterocycles. The lowest BCUT2D eigenvalue weighted by Crippen LogP contribution is -2.04. The van der Waals surface area contributed by atoms with Gasteiger partial charge >= 0.3 is 5.97 Å². The highest BCUT2D eigenvalue weighted by atomic mass is 16.5. The van der Waals surface area contributed by atoms with E-state index in [1.807, 2.05) is 24.3 Å². The summed E-state index contributed by atoms with van der Waals surface area (Å²) in [6.07, 6.45) is 3.79. The summed E-state index contributed by atoms with van der Waals surface area (Å²) < 4.78 is 10.2. The average Bonchev–Trinajstić information content (AvgIpc) is 2.36. The molecule has 1 aromatic carbocycles. The highest BCUT2D eigenvalue weighted by Crippen LogP contribution is 2.13. The van der Waals surface area contributed by atoms with Crippen molar-refractivity contribution < 1.29 is 14.3 Å². The summed E-state index contributed by atoms with van der Waals surface area (Å²) in [7, 11) is 1.40. The van der Waals surface area contributed by atoms with Gasteiger partial charge in [0.25, 0.3) is 0 Å². The van der Waals surface area contributed by atoms with Gasteiger partial charge in [-0.15, -0.1) is 0 Å². The van der Waals surface area contributed by atoms with Crippen LogP contribution in [0.5, 0.6) is 5.75 Å². The van der Waals surface area contributed by atoms with E-state index in [0.717, 1.165) is 24.3 Å². The molecule has 94 valence electrons. The molecule has 0 aliphatic rings. The number of hydrogen-bond donors (Lipinski definition) is 0. The van der Waals surface area contributed by atoms with Crippen molar-refractivity contribution in [2.45, 2.75) is 32.6 Å². The Morgan fingerprint density at radius 1 is 1.18 bits per heavy atom. The van der Waals surface area contributed by atoms with Gasteiger partial charge in [0, 0.05) is 0 Å². The SMILES string of the molecule is CCCCCOc1ccc(CC(=O)OC)cc1. The van der Waals surface area contributed by atoms with E-state index in [9.17, 15) is 4.79 Å². The average molecular weight is 236 g/mol. The van der Waals surface area contributed by atoms with Crippen molar-refractivity contribution in [1.29, 1.82) is 0 Å². The highest BCUT2D eigenvalue weighted by molar-refractivity contribution is 5.72. The number of rotatable bonds is 7. The third-order valence-corrected chi connectivity index (χ3v) is 2.52. The second kappa shape index (κ2) is 7.71. The van der Waals surface area contributed by atoms with Crippen LogP contribution in [-0.2, 0) is 16.0 Å². The van der Waals surface area contributed by atoms with E-state index in [-0.39, 0.29) is 5.97 Å². The van der Waals surface area contributed by atoms with E-state index in [1.54, 1.807) is 0 Å². The van der Waals surface area contributed by atoms with E-state index in [4.69, 9.17) is 4.74 Å². The first-order chi connectivity index (χ1) is 8.26. The monoisotopic (exact) mass is 236 g/mol. The maximum atomic E-state index is 11.1. The van der Waals surface area contributed by atoms with Crippen LogP contribution in [-0.4, -0.2) is 19.7 Å². The molecule has 0 radical (unpaired) electrons. The standard InChI is InChI=1S/C14H20O3/c1-3-4-5-10-17-13-8-6-12(7-9-13)11-14(15)16-2/h6-9H,3-5,10-11H2,1-2H3. The Bertz CT molecular complexity index is 330. The van der Waals surface area contributed by atoms with Crippen molar-refractivity contribution in [3.63, 3.8) is 0 Å². The number of benzene rings is 1. The molecule has 0 bridgehead atoms. The minimum atomic E-state index is -0.221. The van der Waals surface area contributed by atoms with Gasteiger partial charge in [-0.05, 0) is 24.1 Å². The molecular formula is C14H20O3. The van der Waals surface area contributed by atoms with Gasteiger partial charge in [0.1, 0.15) is 5.75 Å². The molecule has 0 atom stereocenters. The Hall–Kier alpha value is -1.51. The molecule has 0 aliphatic carbocycles. The van der Waals surface area contributed by atoms with Crippen LogP contribution in [0.3, 0.4) is 0 Å². The van der Waals surface area contributed by atoms with Crippen LogP contribution >= 0.6 is 0 Å². The number of esters is 1. The van der Waals surface area contributed by atoms with Gasteiger partial charge in [0.15, 0.2) is 0 Å². The first-order valence-electron chi connectivity index (χ1n) is 6.04. The van der Waals surface area contributed by atoms with Crippen molar-refractivity contribution in [3.8, 4) is 5.75 Å². The molecule has 1 aromatic rings. The van der Waals surface area contributed by atoms with Gasteiger partial charge < -0.3 is 9.47 Å². The Morgan fingerprint density at radius 3 is 2.47 bits per heavy atom. The van der Waals surface area contributed by atoms with Crippen molar-refractivity contribution in [2.75, 3.05) is 13.7 Å². The quantitative estimate of drug-likeness (QED) is 0.539. The van der Waals surface area contributed by atoms with Gasteiger partial charge in [-0.25, -0.2) is 0 Å². The van der Waals surface area contributed by atoms with E-state index in [0.29, 0.717) is 6.42 Å².